The Kier molecular flexibility index (Phi) is 14.5. The molecular weight excluding hydrogens is 588 g/mol. The number of imide groups is 1. The summed E-state index contributed by atoms with van der Waals surface area (Å²) in [5.74, 6) is -2.68. The average molecular weight is 631 g/mol. The van der Waals surface area contributed by atoms with Gasteiger partial charge in [-0.05, 0) is 36.5 Å². The van der Waals surface area contributed by atoms with Crippen molar-refractivity contribution >= 4 is 47.4 Å². The first-order valence-electron chi connectivity index (χ1n) is 14.6. The Morgan fingerprint density at radius 1 is 0.778 bits per heavy atom. The van der Waals surface area contributed by atoms with Crippen molar-refractivity contribution in [3.05, 3.63) is 42.0 Å². The monoisotopic (exact) mass is 630 g/mol. The van der Waals surface area contributed by atoms with Crippen molar-refractivity contribution in [1.29, 1.82) is 0 Å². The van der Waals surface area contributed by atoms with E-state index in [2.05, 4.69) is 26.6 Å². The van der Waals surface area contributed by atoms with E-state index in [1.165, 1.54) is 6.92 Å². The van der Waals surface area contributed by atoms with Crippen LogP contribution in [0.3, 0.4) is 0 Å². The number of amides is 7. The molecule has 15 heteroatoms. The SMILES string of the molecule is CC(C)COC(=O)NCCNC(=O)OCc1ccc(NC(=O)[C@H](C)NC(=O)[C@@H](NC(=O)CCN2C(=O)C=CC2=O)C(C)C)cc1. The molecule has 1 aliphatic heterocycles. The highest BCUT2D eigenvalue weighted by molar-refractivity contribution is 6.13. The van der Waals surface area contributed by atoms with Crippen LogP contribution >= 0.6 is 0 Å². The number of ether oxygens (including phenoxy) is 2. The molecule has 0 aromatic heterocycles. The van der Waals surface area contributed by atoms with Gasteiger partial charge >= 0.3 is 12.2 Å². The number of alkyl carbamates (subject to hydrolysis) is 2. The molecule has 2 atom stereocenters. The Labute approximate surface area is 261 Å². The molecule has 45 heavy (non-hydrogen) atoms. The molecule has 0 bridgehead atoms. The molecule has 1 heterocycles. The summed E-state index contributed by atoms with van der Waals surface area (Å²) in [7, 11) is 0. The number of nitrogens with zero attached hydrogens (tertiary/aromatic N) is 1. The van der Waals surface area contributed by atoms with Crippen molar-refractivity contribution in [3.8, 4) is 0 Å². The highest BCUT2D eigenvalue weighted by Gasteiger charge is 2.28. The molecule has 15 nitrogen and oxygen atoms in total. The van der Waals surface area contributed by atoms with Crippen molar-refractivity contribution in [2.45, 2.75) is 59.7 Å². The van der Waals surface area contributed by atoms with Crippen LogP contribution in [0.2, 0.25) is 0 Å². The van der Waals surface area contributed by atoms with Crippen molar-refractivity contribution in [1.82, 2.24) is 26.2 Å². The van der Waals surface area contributed by atoms with E-state index < -0.39 is 53.8 Å². The molecule has 1 aliphatic rings. The quantitative estimate of drug-likeness (QED) is 0.131. The number of anilines is 1. The smallest absolute Gasteiger partial charge is 0.407 e. The Balaban J connectivity index is 1.73. The van der Waals surface area contributed by atoms with Crippen molar-refractivity contribution in [3.63, 3.8) is 0 Å². The van der Waals surface area contributed by atoms with E-state index in [9.17, 15) is 33.6 Å². The van der Waals surface area contributed by atoms with Crippen LogP contribution in [0.5, 0.6) is 0 Å². The van der Waals surface area contributed by atoms with Gasteiger partial charge in [0.2, 0.25) is 17.7 Å². The summed E-state index contributed by atoms with van der Waals surface area (Å²) < 4.78 is 10.1. The first-order chi connectivity index (χ1) is 21.3. The topological polar surface area (TPSA) is 201 Å². The summed E-state index contributed by atoms with van der Waals surface area (Å²) in [6, 6.07) is 4.63. The fourth-order valence-electron chi connectivity index (χ4n) is 3.77. The van der Waals surface area contributed by atoms with Crippen LogP contribution in [-0.2, 0) is 40.1 Å². The normalized spacial score (nSPS) is 13.7. The van der Waals surface area contributed by atoms with E-state index in [1.807, 2.05) is 13.8 Å². The summed E-state index contributed by atoms with van der Waals surface area (Å²) in [4.78, 5) is 85.6. The van der Waals surface area contributed by atoms with E-state index in [0.29, 0.717) is 17.9 Å². The minimum atomic E-state index is -0.949. The number of nitrogens with one attached hydrogen (secondary N) is 5. The largest absolute Gasteiger partial charge is 0.449 e. The number of carbonyl (C=O) groups excluding carboxylic acids is 7. The number of carbonyl (C=O) groups is 7. The molecule has 0 unspecified atom stereocenters. The predicted molar refractivity (Wildman–Crippen MR) is 162 cm³/mol. The molecular formula is C30H42N6O9. The lowest BCUT2D eigenvalue weighted by atomic mass is 10.0. The van der Waals surface area contributed by atoms with E-state index in [0.717, 1.165) is 17.1 Å². The molecule has 0 aliphatic carbocycles. The highest BCUT2D eigenvalue weighted by Crippen LogP contribution is 2.12. The zero-order valence-corrected chi connectivity index (χ0v) is 26.1. The van der Waals surface area contributed by atoms with Crippen molar-refractivity contribution in [2.24, 2.45) is 11.8 Å². The number of rotatable bonds is 16. The molecule has 0 saturated heterocycles. The molecule has 2 rings (SSSR count). The van der Waals surface area contributed by atoms with Gasteiger partial charge in [-0.1, -0.05) is 39.8 Å². The first-order valence-corrected chi connectivity index (χ1v) is 14.6. The maximum atomic E-state index is 12.9. The number of benzene rings is 1. The van der Waals surface area contributed by atoms with Crippen LogP contribution in [0, 0.1) is 11.8 Å². The van der Waals surface area contributed by atoms with Crippen LogP contribution in [0.25, 0.3) is 0 Å². The van der Waals surface area contributed by atoms with Gasteiger partial charge in [-0.25, -0.2) is 9.59 Å². The third-order valence-electron chi connectivity index (χ3n) is 6.28. The van der Waals surface area contributed by atoms with Gasteiger partial charge in [-0.15, -0.1) is 0 Å². The van der Waals surface area contributed by atoms with E-state index >= 15 is 0 Å². The lowest BCUT2D eigenvalue weighted by Gasteiger charge is -2.24. The highest BCUT2D eigenvalue weighted by atomic mass is 16.6. The molecule has 0 saturated carbocycles. The summed E-state index contributed by atoms with van der Waals surface area (Å²) in [5, 5.41) is 12.9. The van der Waals surface area contributed by atoms with E-state index in [1.54, 1.807) is 38.1 Å². The Hall–Kier alpha value is -4.95. The van der Waals surface area contributed by atoms with Gasteiger partial charge < -0.3 is 36.1 Å². The molecule has 1 aromatic carbocycles. The molecule has 7 amide bonds. The van der Waals surface area contributed by atoms with Crippen molar-refractivity contribution < 1.29 is 43.0 Å². The molecule has 1 aromatic rings. The fourth-order valence-corrected chi connectivity index (χ4v) is 3.77. The second-order valence-electron chi connectivity index (χ2n) is 11.0. The third-order valence-corrected chi connectivity index (χ3v) is 6.28. The molecule has 246 valence electrons. The average Bonchev–Trinajstić information content (AvgIpc) is 3.31. The minimum absolute atomic E-state index is 0.0276. The molecule has 5 N–H and O–H groups in total. The van der Waals surface area contributed by atoms with Gasteiger partial charge in [0.1, 0.15) is 18.7 Å². The molecule has 0 radical (unpaired) electrons. The number of hydrogen-bond donors (Lipinski definition) is 5. The van der Waals surface area contributed by atoms with Crippen LogP contribution < -0.4 is 26.6 Å². The summed E-state index contributed by atoms with van der Waals surface area (Å²) >= 11 is 0. The Morgan fingerprint density at radius 2 is 1.36 bits per heavy atom. The van der Waals surface area contributed by atoms with Crippen LogP contribution in [0.4, 0.5) is 15.3 Å². The van der Waals surface area contributed by atoms with E-state index in [-0.39, 0.29) is 44.5 Å². The maximum absolute atomic E-state index is 12.9. The van der Waals surface area contributed by atoms with E-state index in [4.69, 9.17) is 9.47 Å². The van der Waals surface area contributed by atoms with Gasteiger partial charge in [0.15, 0.2) is 0 Å². The first kappa shape index (κ1) is 36.2. The van der Waals surface area contributed by atoms with Crippen LogP contribution in [0.15, 0.2) is 36.4 Å². The second kappa shape index (κ2) is 18.0. The lowest BCUT2D eigenvalue weighted by Crippen LogP contribution is -2.54. The second-order valence-corrected chi connectivity index (χ2v) is 11.0. The predicted octanol–water partition coefficient (Wildman–Crippen LogP) is 1.19. The third kappa shape index (κ3) is 13.1. The van der Waals surface area contributed by atoms with Gasteiger partial charge in [-0.2, -0.15) is 0 Å². The summed E-state index contributed by atoms with van der Waals surface area (Å²) in [6.45, 7) is 9.28. The van der Waals surface area contributed by atoms with Gasteiger partial charge in [0, 0.05) is 43.9 Å². The summed E-state index contributed by atoms with van der Waals surface area (Å²) in [5.41, 5.74) is 1.10. The zero-order chi connectivity index (χ0) is 33.5. The lowest BCUT2D eigenvalue weighted by molar-refractivity contribution is -0.137. The molecule has 0 fully saturated rings. The van der Waals surface area contributed by atoms with Gasteiger partial charge in [0.05, 0.1) is 6.61 Å². The molecule has 0 spiro atoms. The van der Waals surface area contributed by atoms with Gasteiger partial charge in [-0.3, -0.25) is 28.9 Å². The van der Waals surface area contributed by atoms with Crippen LogP contribution in [0.1, 0.15) is 46.6 Å². The summed E-state index contributed by atoms with van der Waals surface area (Å²) in [6.07, 6.45) is 0.848. The Bertz CT molecular complexity index is 1240. The maximum Gasteiger partial charge on any atom is 0.407 e. The van der Waals surface area contributed by atoms with Crippen LogP contribution in [-0.4, -0.2) is 84.9 Å². The fraction of sp³-hybridized carbons (Fsp3) is 0.500. The minimum Gasteiger partial charge on any atom is -0.449 e. The Morgan fingerprint density at radius 3 is 1.91 bits per heavy atom. The van der Waals surface area contributed by atoms with Gasteiger partial charge in [0.25, 0.3) is 11.8 Å². The number of hydrogen-bond acceptors (Lipinski definition) is 9. The standard InChI is InChI=1S/C30H42N6O9/c1-18(2)16-44-29(42)31-13-14-32-30(43)45-17-21-6-8-22(9-7-21)34-27(40)20(5)33-28(41)26(19(3)4)35-23(37)12-15-36-24(38)10-11-25(36)39/h6-11,18-20,26H,12-17H2,1-5H3,(H,31,42)(H,32,43)(H,33,41)(H,34,40)(H,35,37)/t20-,26-/m0/s1. The van der Waals surface area contributed by atoms with Crippen molar-refractivity contribution in [2.75, 3.05) is 31.6 Å². The zero-order valence-electron chi connectivity index (χ0n) is 26.1.